The van der Waals surface area contributed by atoms with Crippen molar-refractivity contribution in [2.45, 2.75) is 6.18 Å². The number of carbonyl (C=O) groups excluding carboxylic acids is 1. The number of thiophene rings is 1. The molecule has 0 unspecified atom stereocenters. The minimum absolute atomic E-state index is 0.161. The van der Waals surface area contributed by atoms with Crippen LogP contribution in [-0.2, 0) is 0 Å². The number of amides is 1. The van der Waals surface area contributed by atoms with E-state index in [0.29, 0.717) is 27.8 Å². The summed E-state index contributed by atoms with van der Waals surface area (Å²) in [7, 11) is 0. The van der Waals surface area contributed by atoms with Crippen LogP contribution in [0.5, 0.6) is 0 Å². The minimum atomic E-state index is -4.47. The topological polar surface area (TPSA) is 108 Å². The molecule has 3 N–H and O–H groups in total. The monoisotopic (exact) mass is 458 g/mol. The van der Waals surface area contributed by atoms with Gasteiger partial charge in [0.1, 0.15) is 6.54 Å². The quantitative estimate of drug-likeness (QED) is 0.383. The highest BCUT2D eigenvalue weighted by Gasteiger charge is 2.28. The van der Waals surface area contributed by atoms with E-state index in [1.165, 1.54) is 6.07 Å². The summed E-state index contributed by atoms with van der Waals surface area (Å²) in [6.45, 7) is -1.39. The highest BCUT2D eigenvalue weighted by Crippen LogP contribution is 2.30. The Morgan fingerprint density at radius 2 is 1.91 bits per heavy atom. The Morgan fingerprint density at radius 1 is 1.09 bits per heavy atom. The number of alkyl halides is 3. The molecule has 0 atom stereocenters. The van der Waals surface area contributed by atoms with Crippen LogP contribution in [0.2, 0.25) is 0 Å². The Labute approximate surface area is 180 Å². The summed E-state index contributed by atoms with van der Waals surface area (Å²) in [5.41, 5.74) is 4.49. The van der Waals surface area contributed by atoms with E-state index in [1.54, 1.807) is 34.6 Å². The van der Waals surface area contributed by atoms with Crippen LogP contribution >= 0.6 is 11.3 Å². The average Bonchev–Trinajstić information content (AvgIpc) is 3.47. The maximum absolute atomic E-state index is 12.3. The number of fused-ring (bicyclic) bond motifs is 2. The number of benzene rings is 1. The van der Waals surface area contributed by atoms with Gasteiger partial charge in [0.15, 0.2) is 5.65 Å². The standard InChI is InChI=1S/C20H13F3N6O2S/c21-20(22,23)9-25-18(30)16-4-11(8-32-16)13-6-26-29-7-12(5-24-17(13)29)10-1-2-14-15(3-10)28-19(31)27-14/h1-8H,9H2,(H,25,30)(H2,27,28,31). The Bertz CT molecular complexity index is 1530. The molecule has 0 spiro atoms. The van der Waals surface area contributed by atoms with Crippen LogP contribution in [0.3, 0.4) is 0 Å². The van der Waals surface area contributed by atoms with Gasteiger partial charge in [-0.15, -0.1) is 11.3 Å². The van der Waals surface area contributed by atoms with Gasteiger partial charge < -0.3 is 15.3 Å². The van der Waals surface area contributed by atoms with Crippen LogP contribution < -0.4 is 11.0 Å². The number of nitrogens with zero attached hydrogens (tertiary/aromatic N) is 3. The van der Waals surface area contributed by atoms with Gasteiger partial charge >= 0.3 is 11.9 Å². The van der Waals surface area contributed by atoms with Gasteiger partial charge in [-0.25, -0.2) is 14.3 Å². The number of hydrogen-bond donors (Lipinski definition) is 3. The number of rotatable bonds is 4. The molecule has 4 heterocycles. The van der Waals surface area contributed by atoms with Gasteiger partial charge in [-0.1, -0.05) is 6.07 Å². The number of H-pyrrole nitrogens is 2. The molecule has 4 aromatic heterocycles. The molecule has 32 heavy (non-hydrogen) atoms. The van der Waals surface area contributed by atoms with Gasteiger partial charge in [0.2, 0.25) is 0 Å². The minimum Gasteiger partial charge on any atom is -0.342 e. The third-order valence-corrected chi connectivity index (χ3v) is 5.72. The van der Waals surface area contributed by atoms with Gasteiger partial charge in [-0.3, -0.25) is 4.79 Å². The number of hydrogen-bond acceptors (Lipinski definition) is 5. The zero-order chi connectivity index (χ0) is 22.5. The molecule has 0 saturated heterocycles. The third kappa shape index (κ3) is 3.75. The van der Waals surface area contributed by atoms with Crippen LogP contribution in [0.25, 0.3) is 38.9 Å². The third-order valence-electron chi connectivity index (χ3n) is 4.79. The number of carbonyl (C=O) groups is 1. The molecule has 1 amide bonds. The first-order valence-electron chi connectivity index (χ1n) is 9.26. The average molecular weight is 458 g/mol. The second-order valence-electron chi connectivity index (χ2n) is 7.01. The fourth-order valence-corrected chi connectivity index (χ4v) is 4.13. The van der Waals surface area contributed by atoms with Crippen molar-refractivity contribution in [3.63, 3.8) is 0 Å². The number of aromatic amines is 2. The highest BCUT2D eigenvalue weighted by molar-refractivity contribution is 7.12. The van der Waals surface area contributed by atoms with Crippen molar-refractivity contribution >= 4 is 33.9 Å². The first-order valence-corrected chi connectivity index (χ1v) is 10.1. The van der Waals surface area contributed by atoms with Crippen molar-refractivity contribution in [2.75, 3.05) is 6.54 Å². The van der Waals surface area contributed by atoms with Crippen LogP contribution in [-0.4, -0.2) is 43.2 Å². The van der Waals surface area contributed by atoms with Crippen LogP contribution in [0, 0.1) is 0 Å². The molecule has 12 heteroatoms. The van der Waals surface area contributed by atoms with E-state index in [-0.39, 0.29) is 10.6 Å². The molecule has 8 nitrogen and oxygen atoms in total. The maximum atomic E-state index is 12.3. The highest BCUT2D eigenvalue weighted by atomic mass is 32.1. The van der Waals surface area contributed by atoms with Crippen LogP contribution in [0.4, 0.5) is 13.2 Å². The van der Waals surface area contributed by atoms with E-state index in [2.05, 4.69) is 20.1 Å². The first-order chi connectivity index (χ1) is 15.3. The van der Waals surface area contributed by atoms with E-state index in [9.17, 15) is 22.8 Å². The summed E-state index contributed by atoms with van der Waals surface area (Å²) in [6.07, 6.45) is 0.552. The Hall–Kier alpha value is -3.93. The van der Waals surface area contributed by atoms with E-state index in [1.807, 2.05) is 17.4 Å². The molecular formula is C20H13F3N6O2S. The Kier molecular flexibility index (Phi) is 4.59. The smallest absolute Gasteiger partial charge is 0.342 e. The first kappa shape index (κ1) is 20.0. The van der Waals surface area contributed by atoms with Gasteiger partial charge in [0.25, 0.3) is 5.91 Å². The van der Waals surface area contributed by atoms with Crippen molar-refractivity contribution in [1.82, 2.24) is 29.9 Å². The molecule has 0 fully saturated rings. The number of nitrogens with one attached hydrogen (secondary N) is 3. The van der Waals surface area contributed by atoms with Crippen molar-refractivity contribution in [3.05, 3.63) is 63.6 Å². The summed E-state index contributed by atoms with van der Waals surface area (Å²) in [6, 6.07) is 6.98. The van der Waals surface area contributed by atoms with E-state index < -0.39 is 18.6 Å². The molecular weight excluding hydrogens is 445 g/mol. The predicted octanol–water partition coefficient (Wildman–Crippen LogP) is 3.59. The van der Waals surface area contributed by atoms with E-state index in [4.69, 9.17) is 0 Å². The summed E-state index contributed by atoms with van der Waals surface area (Å²) >= 11 is 1.04. The second kappa shape index (κ2) is 7.34. The molecule has 5 rings (SSSR count). The number of imidazole rings is 1. The Balaban J connectivity index is 1.43. The lowest BCUT2D eigenvalue weighted by Crippen LogP contribution is -2.33. The lowest BCUT2D eigenvalue weighted by atomic mass is 10.1. The Morgan fingerprint density at radius 3 is 2.72 bits per heavy atom. The second-order valence-corrected chi connectivity index (χ2v) is 7.92. The van der Waals surface area contributed by atoms with Gasteiger partial charge in [-0.05, 0) is 34.7 Å². The number of halogens is 3. The van der Waals surface area contributed by atoms with Crippen LogP contribution in [0.1, 0.15) is 9.67 Å². The SMILES string of the molecule is O=C(NCC(F)(F)F)c1cc(-c2cnn3cc(-c4ccc5[nH]c(=O)[nH]c5c4)cnc23)cs1. The zero-order valence-corrected chi connectivity index (χ0v) is 16.8. The van der Waals surface area contributed by atoms with Crippen molar-refractivity contribution < 1.29 is 18.0 Å². The molecule has 162 valence electrons. The fraction of sp³-hybridized carbons (Fsp3) is 0.100. The molecule has 1 aromatic carbocycles. The normalized spacial score (nSPS) is 12.0. The van der Waals surface area contributed by atoms with Crippen molar-refractivity contribution in [2.24, 2.45) is 0 Å². The van der Waals surface area contributed by atoms with Gasteiger partial charge in [0.05, 0.1) is 22.1 Å². The van der Waals surface area contributed by atoms with E-state index >= 15 is 0 Å². The predicted molar refractivity (Wildman–Crippen MR) is 113 cm³/mol. The summed E-state index contributed by atoms with van der Waals surface area (Å²) in [5.74, 6) is -0.788. The number of aromatic nitrogens is 5. The summed E-state index contributed by atoms with van der Waals surface area (Å²) in [5, 5.41) is 7.85. The maximum Gasteiger partial charge on any atom is 0.405 e. The molecule has 0 aliphatic rings. The molecule has 0 saturated carbocycles. The van der Waals surface area contributed by atoms with Crippen molar-refractivity contribution in [1.29, 1.82) is 0 Å². The zero-order valence-electron chi connectivity index (χ0n) is 16.0. The lowest BCUT2D eigenvalue weighted by molar-refractivity contribution is -0.123. The molecule has 5 aromatic rings. The lowest BCUT2D eigenvalue weighted by Gasteiger charge is -2.06. The molecule has 0 aliphatic heterocycles. The fourth-order valence-electron chi connectivity index (χ4n) is 3.30. The van der Waals surface area contributed by atoms with Crippen LogP contribution in [0.15, 0.2) is 53.0 Å². The largest absolute Gasteiger partial charge is 0.405 e. The van der Waals surface area contributed by atoms with Gasteiger partial charge in [0, 0.05) is 23.5 Å². The molecule has 0 aliphatic carbocycles. The van der Waals surface area contributed by atoms with Crippen molar-refractivity contribution in [3.8, 4) is 22.3 Å². The van der Waals surface area contributed by atoms with E-state index in [0.717, 1.165) is 22.5 Å². The molecule has 0 radical (unpaired) electrons. The molecule has 0 bridgehead atoms. The van der Waals surface area contributed by atoms with Gasteiger partial charge in [-0.2, -0.15) is 18.3 Å². The summed E-state index contributed by atoms with van der Waals surface area (Å²) in [4.78, 5) is 33.5. The summed E-state index contributed by atoms with van der Waals surface area (Å²) < 4.78 is 38.5.